The first-order chi connectivity index (χ1) is 10.9. The molecular weight excluding hydrogens is 329 g/mol. The van der Waals surface area contributed by atoms with Gasteiger partial charge in [-0.15, -0.1) is 0 Å². The fourth-order valence-corrected chi connectivity index (χ4v) is 2.14. The summed E-state index contributed by atoms with van der Waals surface area (Å²) in [6.07, 6.45) is 0. The number of nitrogens with two attached hydrogens (primary N) is 1. The normalized spacial score (nSPS) is 10.4. The summed E-state index contributed by atoms with van der Waals surface area (Å²) in [5.41, 5.74) is 5.16. The Balaban J connectivity index is 2.68. The van der Waals surface area contributed by atoms with Crippen LogP contribution in [-0.2, 0) is 0 Å². The SMILES string of the molecule is CCOc1c(N)nc(-c2ccc(Cl)c(OC)c2F)nc1C(=O)O. The lowest BCUT2D eigenvalue weighted by atomic mass is 10.1. The number of hydrogen-bond acceptors (Lipinski definition) is 6. The second-order valence-electron chi connectivity index (χ2n) is 4.29. The van der Waals surface area contributed by atoms with Crippen LogP contribution in [0.25, 0.3) is 11.4 Å². The smallest absolute Gasteiger partial charge is 0.358 e. The van der Waals surface area contributed by atoms with E-state index in [1.807, 2.05) is 0 Å². The number of hydrogen-bond donors (Lipinski definition) is 2. The predicted molar refractivity (Wildman–Crippen MR) is 81.5 cm³/mol. The first kappa shape index (κ1) is 16.8. The molecule has 2 rings (SSSR count). The number of aromatic nitrogens is 2. The van der Waals surface area contributed by atoms with Crippen molar-refractivity contribution in [1.82, 2.24) is 9.97 Å². The first-order valence-electron chi connectivity index (χ1n) is 6.46. The van der Waals surface area contributed by atoms with E-state index in [0.29, 0.717) is 0 Å². The molecule has 1 aromatic heterocycles. The van der Waals surface area contributed by atoms with Crippen LogP contribution in [0.1, 0.15) is 17.4 Å². The van der Waals surface area contributed by atoms with Gasteiger partial charge in [-0.3, -0.25) is 0 Å². The number of anilines is 1. The van der Waals surface area contributed by atoms with Gasteiger partial charge in [-0.05, 0) is 19.1 Å². The van der Waals surface area contributed by atoms with Crippen LogP contribution in [-0.4, -0.2) is 34.8 Å². The molecule has 0 unspecified atom stereocenters. The van der Waals surface area contributed by atoms with Crippen molar-refractivity contribution in [1.29, 1.82) is 0 Å². The lowest BCUT2D eigenvalue weighted by molar-refractivity contribution is 0.0685. The summed E-state index contributed by atoms with van der Waals surface area (Å²) in [4.78, 5) is 19.1. The zero-order chi connectivity index (χ0) is 17.1. The highest BCUT2D eigenvalue weighted by molar-refractivity contribution is 6.32. The van der Waals surface area contributed by atoms with Crippen LogP contribution in [0.2, 0.25) is 5.02 Å². The summed E-state index contributed by atoms with van der Waals surface area (Å²) >= 11 is 5.82. The van der Waals surface area contributed by atoms with Gasteiger partial charge in [0.2, 0.25) is 0 Å². The van der Waals surface area contributed by atoms with Gasteiger partial charge in [0, 0.05) is 0 Å². The number of aromatic carboxylic acids is 1. The van der Waals surface area contributed by atoms with E-state index in [2.05, 4.69) is 9.97 Å². The Morgan fingerprint density at radius 1 is 1.39 bits per heavy atom. The number of carbonyl (C=O) groups is 1. The second-order valence-corrected chi connectivity index (χ2v) is 4.70. The molecular formula is C14H13ClFN3O4. The number of carboxylic acids is 1. The van der Waals surface area contributed by atoms with Gasteiger partial charge in [-0.1, -0.05) is 11.6 Å². The van der Waals surface area contributed by atoms with E-state index in [1.165, 1.54) is 19.2 Å². The summed E-state index contributed by atoms with van der Waals surface area (Å²) in [6, 6.07) is 2.69. The van der Waals surface area contributed by atoms with E-state index >= 15 is 0 Å². The first-order valence-corrected chi connectivity index (χ1v) is 6.84. The summed E-state index contributed by atoms with van der Waals surface area (Å²) in [5, 5.41) is 9.30. The largest absolute Gasteiger partial charge is 0.492 e. The summed E-state index contributed by atoms with van der Waals surface area (Å²) < 4.78 is 24.4. The lowest BCUT2D eigenvalue weighted by Gasteiger charge is -2.12. The maximum absolute atomic E-state index is 14.4. The monoisotopic (exact) mass is 341 g/mol. The fourth-order valence-electron chi connectivity index (χ4n) is 1.91. The molecule has 0 fully saturated rings. The molecule has 0 amide bonds. The quantitative estimate of drug-likeness (QED) is 0.860. The van der Waals surface area contributed by atoms with Crippen molar-refractivity contribution in [2.45, 2.75) is 6.92 Å². The molecule has 0 spiro atoms. The number of nitrogens with zero attached hydrogens (tertiary/aromatic N) is 2. The standard InChI is InChI=1S/C14H13ClFN3O4/c1-3-23-11-9(14(20)21)18-13(19-12(11)17)6-4-5-7(15)10(22-2)8(6)16/h4-5H,3H2,1-2H3,(H,20,21)(H2,17,18,19). The Labute approximate surface area is 135 Å². The summed E-state index contributed by atoms with van der Waals surface area (Å²) in [6.45, 7) is 1.83. The van der Waals surface area contributed by atoms with Crippen LogP contribution in [0, 0.1) is 5.82 Å². The molecule has 7 nitrogen and oxygen atoms in total. The Morgan fingerprint density at radius 2 is 2.09 bits per heavy atom. The van der Waals surface area contributed by atoms with Gasteiger partial charge >= 0.3 is 5.97 Å². The Morgan fingerprint density at radius 3 is 2.65 bits per heavy atom. The highest BCUT2D eigenvalue weighted by atomic mass is 35.5. The molecule has 122 valence electrons. The van der Waals surface area contributed by atoms with Crippen molar-refractivity contribution in [2.75, 3.05) is 19.5 Å². The molecule has 9 heteroatoms. The summed E-state index contributed by atoms with van der Waals surface area (Å²) in [5.74, 6) is -2.97. The molecule has 1 heterocycles. The Bertz CT molecular complexity index is 770. The third kappa shape index (κ3) is 3.11. The van der Waals surface area contributed by atoms with Crippen LogP contribution in [0.15, 0.2) is 12.1 Å². The van der Waals surface area contributed by atoms with Crippen molar-refractivity contribution < 1.29 is 23.8 Å². The van der Waals surface area contributed by atoms with Gasteiger partial charge in [0.15, 0.2) is 34.7 Å². The molecule has 0 bridgehead atoms. The van der Waals surface area contributed by atoms with Crippen LogP contribution < -0.4 is 15.2 Å². The second kappa shape index (κ2) is 6.66. The maximum atomic E-state index is 14.4. The molecule has 0 aliphatic carbocycles. The van der Waals surface area contributed by atoms with E-state index in [0.717, 1.165) is 0 Å². The van der Waals surface area contributed by atoms with Crippen molar-refractivity contribution in [3.63, 3.8) is 0 Å². The number of nitrogen functional groups attached to an aromatic ring is 1. The topological polar surface area (TPSA) is 108 Å². The van der Waals surface area contributed by atoms with E-state index < -0.39 is 17.5 Å². The zero-order valence-corrected chi connectivity index (χ0v) is 13.0. The molecule has 3 N–H and O–H groups in total. The molecule has 23 heavy (non-hydrogen) atoms. The van der Waals surface area contributed by atoms with Gasteiger partial charge in [0.1, 0.15) is 0 Å². The minimum absolute atomic E-state index is 0.0612. The van der Waals surface area contributed by atoms with E-state index in [-0.39, 0.29) is 40.3 Å². The number of ether oxygens (including phenoxy) is 2. The number of methoxy groups -OCH3 is 1. The highest BCUT2D eigenvalue weighted by Gasteiger charge is 2.23. The van der Waals surface area contributed by atoms with Gasteiger partial charge < -0.3 is 20.3 Å². The summed E-state index contributed by atoms with van der Waals surface area (Å²) in [7, 11) is 1.25. The van der Waals surface area contributed by atoms with Gasteiger partial charge in [0.25, 0.3) is 0 Å². The third-order valence-corrected chi connectivity index (χ3v) is 3.17. The number of halogens is 2. The predicted octanol–water partition coefficient (Wildman–Crippen LogP) is 2.62. The van der Waals surface area contributed by atoms with Crippen LogP contribution in [0.3, 0.4) is 0 Å². The lowest BCUT2D eigenvalue weighted by Crippen LogP contribution is -2.11. The average molecular weight is 342 g/mol. The Kier molecular flexibility index (Phi) is 4.85. The zero-order valence-electron chi connectivity index (χ0n) is 12.3. The molecule has 0 saturated heterocycles. The number of rotatable bonds is 5. The molecule has 0 aliphatic rings. The minimum atomic E-state index is -1.37. The van der Waals surface area contributed by atoms with E-state index in [9.17, 15) is 14.3 Å². The van der Waals surface area contributed by atoms with Crippen LogP contribution in [0.4, 0.5) is 10.2 Å². The number of benzene rings is 1. The molecule has 2 aromatic rings. The molecule has 0 aliphatic heterocycles. The van der Waals surface area contributed by atoms with Crippen molar-refractivity contribution in [3.05, 3.63) is 28.7 Å². The van der Waals surface area contributed by atoms with Crippen LogP contribution >= 0.6 is 11.6 Å². The van der Waals surface area contributed by atoms with Crippen molar-refractivity contribution in [3.8, 4) is 22.9 Å². The Hall–Kier alpha value is -2.61. The highest BCUT2D eigenvalue weighted by Crippen LogP contribution is 2.35. The van der Waals surface area contributed by atoms with Crippen LogP contribution in [0.5, 0.6) is 11.5 Å². The fraction of sp³-hybridized carbons (Fsp3) is 0.214. The molecule has 0 saturated carbocycles. The van der Waals surface area contributed by atoms with E-state index in [1.54, 1.807) is 6.92 Å². The molecule has 0 radical (unpaired) electrons. The van der Waals surface area contributed by atoms with Gasteiger partial charge in [-0.2, -0.15) is 0 Å². The third-order valence-electron chi connectivity index (χ3n) is 2.88. The number of carboxylic acid groups (broad SMARTS) is 1. The van der Waals surface area contributed by atoms with Gasteiger partial charge in [0.05, 0.1) is 24.3 Å². The molecule has 0 atom stereocenters. The average Bonchev–Trinajstić information content (AvgIpc) is 2.49. The maximum Gasteiger partial charge on any atom is 0.358 e. The van der Waals surface area contributed by atoms with E-state index in [4.69, 9.17) is 26.8 Å². The minimum Gasteiger partial charge on any atom is -0.492 e. The molecule has 1 aromatic carbocycles. The van der Waals surface area contributed by atoms with Gasteiger partial charge in [-0.25, -0.2) is 19.2 Å². The van der Waals surface area contributed by atoms with Crippen molar-refractivity contribution >= 4 is 23.4 Å². The van der Waals surface area contributed by atoms with Crippen molar-refractivity contribution in [2.24, 2.45) is 0 Å².